The molecule has 28 heavy (non-hydrogen) atoms. The molecule has 1 aliphatic rings. The number of nitriles is 1. The van der Waals surface area contributed by atoms with E-state index in [2.05, 4.69) is 5.32 Å². The van der Waals surface area contributed by atoms with E-state index in [4.69, 9.17) is 5.26 Å². The van der Waals surface area contributed by atoms with Crippen molar-refractivity contribution in [1.82, 2.24) is 4.90 Å². The van der Waals surface area contributed by atoms with Gasteiger partial charge in [-0.2, -0.15) is 18.4 Å². The summed E-state index contributed by atoms with van der Waals surface area (Å²) >= 11 is 0. The van der Waals surface area contributed by atoms with Crippen LogP contribution in [0, 0.1) is 17.2 Å². The molecule has 1 heterocycles. The summed E-state index contributed by atoms with van der Waals surface area (Å²) in [6.07, 6.45) is -3.08. The van der Waals surface area contributed by atoms with Gasteiger partial charge in [0.25, 0.3) is 5.91 Å². The van der Waals surface area contributed by atoms with Crippen LogP contribution in [0.15, 0.2) is 48.5 Å². The number of likely N-dealkylation sites (tertiary alicyclic amines) is 1. The molecule has 0 saturated carbocycles. The second-order valence-corrected chi connectivity index (χ2v) is 6.85. The highest BCUT2D eigenvalue weighted by atomic mass is 19.4. The first-order valence-corrected chi connectivity index (χ1v) is 9.08. The Morgan fingerprint density at radius 2 is 1.82 bits per heavy atom. The van der Waals surface area contributed by atoms with E-state index in [1.807, 2.05) is 18.2 Å². The molecule has 0 atom stereocenters. The number of alkyl halides is 3. The Kier molecular flexibility index (Phi) is 5.88. The second kappa shape index (κ2) is 8.34. The molecule has 0 unspecified atom stereocenters. The smallest absolute Gasteiger partial charge is 0.384 e. The minimum Gasteiger partial charge on any atom is -0.384 e. The van der Waals surface area contributed by atoms with E-state index in [0.717, 1.165) is 18.9 Å². The second-order valence-electron chi connectivity index (χ2n) is 6.85. The molecule has 1 fully saturated rings. The normalized spacial score (nSPS) is 15.1. The first kappa shape index (κ1) is 19.7. The predicted octanol–water partition coefficient (Wildman–Crippen LogP) is 4.54. The zero-order valence-electron chi connectivity index (χ0n) is 15.2. The van der Waals surface area contributed by atoms with E-state index >= 15 is 0 Å². The van der Waals surface area contributed by atoms with Gasteiger partial charge in [-0.1, -0.05) is 18.2 Å². The number of carbonyl (C=O) groups excluding carboxylic acids is 1. The molecule has 0 aromatic heterocycles. The van der Waals surface area contributed by atoms with E-state index in [9.17, 15) is 18.0 Å². The van der Waals surface area contributed by atoms with Crippen molar-refractivity contribution in [2.75, 3.05) is 25.0 Å². The Labute approximate surface area is 161 Å². The number of nitrogens with one attached hydrogen (secondary N) is 1. The van der Waals surface area contributed by atoms with Crippen LogP contribution in [0.1, 0.15) is 34.3 Å². The summed E-state index contributed by atoms with van der Waals surface area (Å²) in [7, 11) is 0. The molecule has 146 valence electrons. The highest BCUT2D eigenvalue weighted by Gasteiger charge is 2.34. The lowest BCUT2D eigenvalue weighted by molar-refractivity contribution is -0.137. The number of benzene rings is 2. The highest BCUT2D eigenvalue weighted by molar-refractivity contribution is 5.94. The number of anilines is 1. The summed E-state index contributed by atoms with van der Waals surface area (Å²) in [6.45, 7) is 1.56. The van der Waals surface area contributed by atoms with Gasteiger partial charge < -0.3 is 10.2 Å². The number of amides is 1. The van der Waals surface area contributed by atoms with Crippen molar-refractivity contribution in [3.8, 4) is 6.07 Å². The van der Waals surface area contributed by atoms with Gasteiger partial charge in [0, 0.05) is 30.9 Å². The molecule has 3 rings (SSSR count). The minimum atomic E-state index is -4.53. The minimum absolute atomic E-state index is 0.0153. The van der Waals surface area contributed by atoms with E-state index in [-0.39, 0.29) is 23.1 Å². The Morgan fingerprint density at radius 1 is 1.14 bits per heavy atom. The summed E-state index contributed by atoms with van der Waals surface area (Å²) in [5, 5.41) is 11.7. The fourth-order valence-electron chi connectivity index (χ4n) is 3.36. The molecular formula is C21H20F3N3O. The quantitative estimate of drug-likeness (QED) is 0.838. The molecule has 1 saturated heterocycles. The lowest BCUT2D eigenvalue weighted by Gasteiger charge is -2.32. The van der Waals surface area contributed by atoms with Crippen molar-refractivity contribution in [2.24, 2.45) is 5.92 Å². The number of hydrogen-bond acceptors (Lipinski definition) is 3. The van der Waals surface area contributed by atoms with Crippen molar-refractivity contribution in [1.29, 1.82) is 5.26 Å². The van der Waals surface area contributed by atoms with E-state index in [0.29, 0.717) is 25.2 Å². The van der Waals surface area contributed by atoms with Gasteiger partial charge in [0.15, 0.2) is 0 Å². The van der Waals surface area contributed by atoms with Crippen LogP contribution >= 0.6 is 0 Å². The fourth-order valence-corrected chi connectivity index (χ4v) is 3.36. The Bertz CT molecular complexity index is 867. The standard InChI is InChI=1S/C21H20F3N3O/c22-21(23,24)18-12-16(13-25)6-7-19(18)26-14-15-8-10-27(11-9-15)20(28)17-4-2-1-3-5-17/h1-7,12,15,26H,8-11,14H2. The zero-order valence-corrected chi connectivity index (χ0v) is 15.2. The van der Waals surface area contributed by atoms with Gasteiger partial charge in [-0.15, -0.1) is 0 Å². The molecule has 1 aliphatic heterocycles. The molecule has 0 spiro atoms. The average Bonchev–Trinajstić information content (AvgIpc) is 2.72. The number of piperidine rings is 1. The van der Waals surface area contributed by atoms with Crippen molar-refractivity contribution in [3.63, 3.8) is 0 Å². The van der Waals surface area contributed by atoms with Crippen LogP contribution in [0.5, 0.6) is 0 Å². The van der Waals surface area contributed by atoms with Crippen LogP contribution in [-0.4, -0.2) is 30.4 Å². The molecule has 2 aromatic carbocycles. The summed E-state index contributed by atoms with van der Waals surface area (Å²) < 4.78 is 39.7. The van der Waals surface area contributed by atoms with Crippen LogP contribution in [0.3, 0.4) is 0 Å². The Morgan fingerprint density at radius 3 is 2.43 bits per heavy atom. The van der Waals surface area contributed by atoms with Crippen LogP contribution in [0.2, 0.25) is 0 Å². The Balaban J connectivity index is 1.58. The van der Waals surface area contributed by atoms with E-state index < -0.39 is 11.7 Å². The number of halogens is 3. The highest BCUT2D eigenvalue weighted by Crippen LogP contribution is 2.35. The first-order valence-electron chi connectivity index (χ1n) is 9.08. The van der Waals surface area contributed by atoms with Crippen LogP contribution in [-0.2, 0) is 6.18 Å². The van der Waals surface area contributed by atoms with Crippen molar-refractivity contribution in [2.45, 2.75) is 19.0 Å². The lowest BCUT2D eigenvalue weighted by Crippen LogP contribution is -2.39. The first-order chi connectivity index (χ1) is 13.4. The summed E-state index contributed by atoms with van der Waals surface area (Å²) in [5.41, 5.74) is -0.227. The number of hydrogen-bond donors (Lipinski definition) is 1. The van der Waals surface area contributed by atoms with Crippen molar-refractivity contribution < 1.29 is 18.0 Å². The number of nitrogens with zero attached hydrogens (tertiary/aromatic N) is 2. The number of rotatable bonds is 4. The number of carbonyl (C=O) groups is 1. The largest absolute Gasteiger partial charge is 0.418 e. The van der Waals surface area contributed by atoms with Gasteiger partial charge in [0.05, 0.1) is 17.2 Å². The SMILES string of the molecule is N#Cc1ccc(NCC2CCN(C(=O)c3ccccc3)CC2)c(C(F)(F)F)c1. The molecule has 0 aliphatic carbocycles. The molecule has 1 N–H and O–H groups in total. The van der Waals surface area contributed by atoms with Gasteiger partial charge in [-0.3, -0.25) is 4.79 Å². The maximum atomic E-state index is 13.2. The molecule has 0 radical (unpaired) electrons. The topological polar surface area (TPSA) is 56.1 Å². The van der Waals surface area contributed by atoms with Crippen molar-refractivity contribution in [3.05, 3.63) is 65.2 Å². The molecule has 0 bridgehead atoms. The third-order valence-electron chi connectivity index (χ3n) is 4.96. The average molecular weight is 387 g/mol. The van der Waals surface area contributed by atoms with Gasteiger partial charge >= 0.3 is 6.18 Å². The Hall–Kier alpha value is -3.01. The lowest BCUT2D eigenvalue weighted by atomic mass is 9.96. The van der Waals surface area contributed by atoms with Gasteiger partial charge in [-0.25, -0.2) is 0 Å². The van der Waals surface area contributed by atoms with Crippen molar-refractivity contribution >= 4 is 11.6 Å². The summed E-state index contributed by atoms with van der Waals surface area (Å²) in [4.78, 5) is 14.2. The summed E-state index contributed by atoms with van der Waals surface area (Å²) in [6, 6.07) is 14.3. The molecule has 4 nitrogen and oxygen atoms in total. The zero-order chi connectivity index (χ0) is 20.1. The maximum Gasteiger partial charge on any atom is 0.418 e. The van der Waals surface area contributed by atoms with E-state index in [1.54, 1.807) is 23.1 Å². The molecule has 2 aromatic rings. The third-order valence-corrected chi connectivity index (χ3v) is 4.96. The predicted molar refractivity (Wildman–Crippen MR) is 99.7 cm³/mol. The fraction of sp³-hybridized carbons (Fsp3) is 0.333. The van der Waals surface area contributed by atoms with Crippen LogP contribution in [0.25, 0.3) is 0 Å². The molecule has 1 amide bonds. The maximum absolute atomic E-state index is 13.2. The van der Waals surface area contributed by atoms with E-state index in [1.165, 1.54) is 12.1 Å². The third kappa shape index (κ3) is 4.63. The monoisotopic (exact) mass is 387 g/mol. The van der Waals surface area contributed by atoms with Crippen LogP contribution < -0.4 is 5.32 Å². The van der Waals surface area contributed by atoms with Gasteiger partial charge in [0.1, 0.15) is 0 Å². The van der Waals surface area contributed by atoms with Crippen LogP contribution in [0.4, 0.5) is 18.9 Å². The molecular weight excluding hydrogens is 367 g/mol. The van der Waals surface area contributed by atoms with Gasteiger partial charge in [0.2, 0.25) is 0 Å². The van der Waals surface area contributed by atoms with Gasteiger partial charge in [-0.05, 0) is 49.1 Å². The summed E-state index contributed by atoms with van der Waals surface area (Å²) in [5.74, 6) is 0.162. The molecule has 7 heteroatoms.